The van der Waals surface area contributed by atoms with E-state index in [2.05, 4.69) is 19.4 Å². The Morgan fingerprint density at radius 2 is 2.20 bits per heavy atom. The van der Waals surface area contributed by atoms with Gasteiger partial charge in [-0.1, -0.05) is 19.0 Å². The molecule has 0 amide bonds. The lowest BCUT2D eigenvalue weighted by Gasteiger charge is -2.10. The van der Waals surface area contributed by atoms with Crippen LogP contribution in [0.25, 0.3) is 0 Å². The summed E-state index contributed by atoms with van der Waals surface area (Å²) in [4.78, 5) is 4.33. The number of aryl methyl sites for hydroxylation is 1. The van der Waals surface area contributed by atoms with E-state index in [1.54, 1.807) is 13.1 Å². The van der Waals surface area contributed by atoms with E-state index in [0.29, 0.717) is 18.2 Å². The van der Waals surface area contributed by atoms with E-state index in [1.165, 1.54) is 0 Å². The molecule has 0 aliphatic carbocycles. The summed E-state index contributed by atoms with van der Waals surface area (Å²) in [6.45, 7) is 6.48. The first kappa shape index (κ1) is 14.7. The van der Waals surface area contributed by atoms with Crippen LogP contribution in [0.3, 0.4) is 0 Å². The van der Waals surface area contributed by atoms with Gasteiger partial charge >= 0.3 is 0 Å². The Balaban J connectivity index is 2.00. The highest BCUT2D eigenvalue weighted by Gasteiger charge is 2.19. The van der Waals surface area contributed by atoms with Crippen LogP contribution in [0.2, 0.25) is 0 Å². The predicted octanol–water partition coefficient (Wildman–Crippen LogP) is 1.28. The smallest absolute Gasteiger partial charge is 0.245 e. The monoisotopic (exact) mass is 298 g/mol. The molecule has 0 aromatic carbocycles. The Bertz CT molecular complexity index is 672. The Morgan fingerprint density at radius 1 is 1.45 bits per heavy atom. The maximum Gasteiger partial charge on any atom is 0.245 e. The van der Waals surface area contributed by atoms with Gasteiger partial charge in [0.15, 0.2) is 0 Å². The number of sulfonamides is 1. The van der Waals surface area contributed by atoms with Crippen LogP contribution in [0.1, 0.15) is 31.3 Å². The third-order valence-electron chi connectivity index (χ3n) is 2.90. The second-order valence-electron chi connectivity index (χ2n) is 4.80. The van der Waals surface area contributed by atoms with Crippen LogP contribution in [0.5, 0.6) is 0 Å². The number of nitrogens with zero attached hydrogens (tertiary/aromatic N) is 3. The largest absolute Gasteiger partial charge is 0.363 e. The fourth-order valence-corrected chi connectivity index (χ4v) is 3.04. The van der Waals surface area contributed by atoms with Crippen LogP contribution in [0.15, 0.2) is 28.1 Å². The number of aromatic nitrogens is 3. The SMILES string of the molecule is Cc1nocc1S(=O)(=O)NCCn1ccnc1C(C)C. The summed E-state index contributed by atoms with van der Waals surface area (Å²) < 4.78 is 33.2. The standard InChI is InChI=1S/C12H18N4O3S/c1-9(2)12-13-4-6-16(12)7-5-14-20(17,18)11-8-19-15-10(11)3/h4,6,8-9,14H,5,7H2,1-3H3. The first-order valence-corrected chi connectivity index (χ1v) is 7.82. The molecule has 2 heterocycles. The first-order valence-electron chi connectivity index (χ1n) is 6.33. The van der Waals surface area contributed by atoms with Crippen LogP contribution in [0.4, 0.5) is 0 Å². The average Bonchev–Trinajstić information content (AvgIpc) is 2.97. The van der Waals surface area contributed by atoms with Crippen molar-refractivity contribution in [3.63, 3.8) is 0 Å². The van der Waals surface area contributed by atoms with Crippen molar-refractivity contribution in [1.82, 2.24) is 19.4 Å². The minimum atomic E-state index is -3.57. The Hall–Kier alpha value is -1.67. The van der Waals surface area contributed by atoms with E-state index in [-0.39, 0.29) is 11.4 Å². The lowest BCUT2D eigenvalue weighted by atomic mass is 10.2. The van der Waals surface area contributed by atoms with E-state index in [9.17, 15) is 8.42 Å². The number of nitrogens with one attached hydrogen (secondary N) is 1. The molecule has 0 saturated heterocycles. The molecule has 7 nitrogen and oxygen atoms in total. The molecule has 0 saturated carbocycles. The summed E-state index contributed by atoms with van der Waals surface area (Å²) in [6.07, 6.45) is 4.69. The molecule has 0 aliphatic rings. The molecule has 1 N–H and O–H groups in total. The second kappa shape index (κ2) is 5.76. The summed E-state index contributed by atoms with van der Waals surface area (Å²) in [5.41, 5.74) is 0.350. The van der Waals surface area contributed by atoms with Gasteiger partial charge in [-0.15, -0.1) is 0 Å². The topological polar surface area (TPSA) is 90.0 Å². The molecule has 20 heavy (non-hydrogen) atoms. The zero-order valence-corrected chi connectivity index (χ0v) is 12.5. The molecule has 0 spiro atoms. The van der Waals surface area contributed by atoms with Gasteiger partial charge in [-0.2, -0.15) is 0 Å². The van der Waals surface area contributed by atoms with Crippen molar-refractivity contribution >= 4 is 10.0 Å². The van der Waals surface area contributed by atoms with Crippen LogP contribution in [-0.4, -0.2) is 29.7 Å². The summed E-state index contributed by atoms with van der Waals surface area (Å²) in [5, 5.41) is 3.57. The van der Waals surface area contributed by atoms with E-state index in [0.717, 1.165) is 12.1 Å². The van der Waals surface area contributed by atoms with Crippen LogP contribution in [-0.2, 0) is 16.6 Å². The number of imidazole rings is 1. The predicted molar refractivity (Wildman–Crippen MR) is 72.7 cm³/mol. The summed E-state index contributed by atoms with van der Waals surface area (Å²) in [6, 6.07) is 0. The Labute approximate surface area is 118 Å². The van der Waals surface area contributed by atoms with E-state index < -0.39 is 10.0 Å². The van der Waals surface area contributed by atoms with Crippen molar-refractivity contribution in [2.75, 3.05) is 6.54 Å². The molecule has 8 heteroatoms. The maximum absolute atomic E-state index is 12.0. The molecule has 110 valence electrons. The molecule has 2 rings (SSSR count). The van der Waals surface area contributed by atoms with Crippen molar-refractivity contribution in [2.24, 2.45) is 0 Å². The molecule has 0 unspecified atom stereocenters. The first-order chi connectivity index (χ1) is 9.42. The normalized spacial score (nSPS) is 12.2. The highest BCUT2D eigenvalue weighted by Crippen LogP contribution is 2.13. The molecule has 0 bridgehead atoms. The van der Waals surface area contributed by atoms with Gasteiger partial charge in [0.1, 0.15) is 22.7 Å². The molecular weight excluding hydrogens is 280 g/mol. The zero-order chi connectivity index (χ0) is 14.8. The van der Waals surface area contributed by atoms with Gasteiger partial charge in [-0.3, -0.25) is 0 Å². The van der Waals surface area contributed by atoms with Crippen molar-refractivity contribution in [2.45, 2.75) is 38.1 Å². The Kier molecular flexibility index (Phi) is 4.24. The van der Waals surface area contributed by atoms with Gasteiger partial charge in [0.2, 0.25) is 10.0 Å². The van der Waals surface area contributed by atoms with Crippen molar-refractivity contribution < 1.29 is 12.9 Å². The lowest BCUT2D eigenvalue weighted by Crippen LogP contribution is -2.28. The zero-order valence-electron chi connectivity index (χ0n) is 11.7. The molecule has 2 aromatic rings. The molecule has 2 aromatic heterocycles. The van der Waals surface area contributed by atoms with Gasteiger partial charge in [0.25, 0.3) is 0 Å². The van der Waals surface area contributed by atoms with Crippen LogP contribution >= 0.6 is 0 Å². The average molecular weight is 298 g/mol. The highest BCUT2D eigenvalue weighted by molar-refractivity contribution is 7.89. The quantitative estimate of drug-likeness (QED) is 0.867. The van der Waals surface area contributed by atoms with Gasteiger partial charge in [-0.25, -0.2) is 18.1 Å². The number of hydrogen-bond donors (Lipinski definition) is 1. The molecule has 0 fully saturated rings. The van der Waals surface area contributed by atoms with Crippen molar-refractivity contribution in [1.29, 1.82) is 0 Å². The fourth-order valence-electron chi connectivity index (χ4n) is 1.93. The minimum Gasteiger partial charge on any atom is -0.363 e. The van der Waals surface area contributed by atoms with Crippen LogP contribution in [0, 0.1) is 6.92 Å². The number of rotatable bonds is 6. The summed E-state index contributed by atoms with van der Waals surface area (Å²) in [5.74, 6) is 1.23. The highest BCUT2D eigenvalue weighted by atomic mass is 32.2. The molecule has 0 atom stereocenters. The molecular formula is C12H18N4O3S. The maximum atomic E-state index is 12.0. The fraction of sp³-hybridized carbons (Fsp3) is 0.500. The Morgan fingerprint density at radius 3 is 2.80 bits per heavy atom. The second-order valence-corrected chi connectivity index (χ2v) is 6.53. The lowest BCUT2D eigenvalue weighted by molar-refractivity contribution is 0.413. The minimum absolute atomic E-state index is 0.0761. The van der Waals surface area contributed by atoms with Crippen molar-refractivity contribution in [3.8, 4) is 0 Å². The third-order valence-corrected chi connectivity index (χ3v) is 4.46. The van der Waals surface area contributed by atoms with Gasteiger partial charge in [0.05, 0.1) is 0 Å². The molecule has 0 radical (unpaired) electrons. The van der Waals surface area contributed by atoms with E-state index >= 15 is 0 Å². The van der Waals surface area contributed by atoms with E-state index in [4.69, 9.17) is 0 Å². The third kappa shape index (κ3) is 3.07. The van der Waals surface area contributed by atoms with E-state index in [1.807, 2.05) is 24.6 Å². The van der Waals surface area contributed by atoms with Crippen LogP contribution < -0.4 is 4.72 Å². The van der Waals surface area contributed by atoms with Crippen molar-refractivity contribution in [3.05, 3.63) is 30.2 Å². The summed E-state index contributed by atoms with van der Waals surface area (Å²) >= 11 is 0. The number of hydrogen-bond acceptors (Lipinski definition) is 5. The summed E-state index contributed by atoms with van der Waals surface area (Å²) in [7, 11) is -3.57. The van der Waals surface area contributed by atoms with Gasteiger partial charge < -0.3 is 9.09 Å². The van der Waals surface area contributed by atoms with Gasteiger partial charge in [0, 0.05) is 31.4 Å². The molecule has 0 aliphatic heterocycles. The van der Waals surface area contributed by atoms with Gasteiger partial charge in [-0.05, 0) is 6.92 Å².